The van der Waals surface area contributed by atoms with Gasteiger partial charge in [0.15, 0.2) is 0 Å². The summed E-state index contributed by atoms with van der Waals surface area (Å²) in [6, 6.07) is 4.86. The molecule has 0 bridgehead atoms. The van der Waals surface area contributed by atoms with Crippen LogP contribution in [0.2, 0.25) is 10.0 Å². The van der Waals surface area contributed by atoms with Gasteiger partial charge in [-0.2, -0.15) is 0 Å². The summed E-state index contributed by atoms with van der Waals surface area (Å²) < 4.78 is 0. The van der Waals surface area contributed by atoms with E-state index in [1.54, 1.807) is 18.2 Å². The van der Waals surface area contributed by atoms with Crippen molar-refractivity contribution in [1.29, 1.82) is 0 Å². The monoisotopic (exact) mass is 241 g/mol. The third kappa shape index (κ3) is 2.85. The highest BCUT2D eigenvalue weighted by atomic mass is 35.5. The Morgan fingerprint density at radius 1 is 1.33 bits per heavy atom. The maximum Gasteiger partial charge on any atom is 0.258 e. The number of hydrogen-bond donors (Lipinski definition) is 1. The van der Waals surface area contributed by atoms with E-state index in [0.717, 1.165) is 0 Å². The number of rotatable bonds is 3. The Morgan fingerprint density at radius 2 is 1.87 bits per heavy atom. The van der Waals surface area contributed by atoms with Gasteiger partial charge in [0.05, 0.1) is 15.6 Å². The van der Waals surface area contributed by atoms with Gasteiger partial charge in [-0.1, -0.05) is 42.4 Å². The molecule has 0 spiro atoms. The first-order valence-electron chi connectivity index (χ1n) is 4.13. The fraction of sp³-hybridized carbons (Fsp3) is 0. The van der Waals surface area contributed by atoms with Crippen molar-refractivity contribution in [3.63, 3.8) is 0 Å². The molecule has 0 aromatic heterocycles. The average molecular weight is 242 g/mol. The van der Waals surface area contributed by atoms with Gasteiger partial charge in [-0.05, 0) is 18.2 Å². The Labute approximate surface area is 98.2 Å². The maximum atomic E-state index is 11.7. The highest BCUT2D eigenvalue weighted by Crippen LogP contribution is 2.24. The van der Waals surface area contributed by atoms with Crippen LogP contribution in [0.15, 0.2) is 43.1 Å². The van der Waals surface area contributed by atoms with Gasteiger partial charge in [0.2, 0.25) is 0 Å². The van der Waals surface area contributed by atoms with E-state index in [9.17, 15) is 4.79 Å². The molecule has 0 unspecified atom stereocenters. The highest BCUT2D eigenvalue weighted by molar-refractivity contribution is 6.39. The first-order valence-corrected chi connectivity index (χ1v) is 4.88. The van der Waals surface area contributed by atoms with Crippen molar-refractivity contribution in [2.45, 2.75) is 0 Å². The van der Waals surface area contributed by atoms with Crippen LogP contribution in [0, 0.1) is 0 Å². The van der Waals surface area contributed by atoms with Crippen LogP contribution in [-0.2, 0) is 0 Å². The van der Waals surface area contributed by atoms with E-state index in [2.05, 4.69) is 18.5 Å². The predicted octanol–water partition coefficient (Wildman–Crippen LogP) is 3.42. The predicted molar refractivity (Wildman–Crippen MR) is 63.3 cm³/mol. The lowest BCUT2D eigenvalue weighted by molar-refractivity contribution is 0.0967. The summed E-state index contributed by atoms with van der Waals surface area (Å²) in [4.78, 5) is 11.7. The normalized spacial score (nSPS) is 9.47. The molecule has 0 aliphatic heterocycles. The van der Waals surface area contributed by atoms with Gasteiger partial charge < -0.3 is 5.32 Å². The summed E-state index contributed by atoms with van der Waals surface area (Å²) in [6.45, 7) is 7.03. The molecule has 1 aromatic rings. The third-order valence-corrected chi connectivity index (χ3v) is 2.34. The van der Waals surface area contributed by atoms with E-state index in [-0.39, 0.29) is 5.56 Å². The molecule has 0 saturated heterocycles. The van der Waals surface area contributed by atoms with E-state index < -0.39 is 5.91 Å². The number of amides is 1. The van der Waals surface area contributed by atoms with Crippen LogP contribution in [0.25, 0.3) is 0 Å². The van der Waals surface area contributed by atoms with E-state index >= 15 is 0 Å². The second-order valence-corrected chi connectivity index (χ2v) is 3.59. The summed E-state index contributed by atoms with van der Waals surface area (Å²) in [5.74, 6) is -0.393. The minimum Gasteiger partial charge on any atom is -0.322 e. The van der Waals surface area contributed by atoms with Crippen molar-refractivity contribution in [2.24, 2.45) is 0 Å². The van der Waals surface area contributed by atoms with E-state index in [4.69, 9.17) is 23.2 Å². The summed E-state index contributed by atoms with van der Waals surface area (Å²) in [5, 5.41) is 3.11. The molecule has 0 atom stereocenters. The number of hydrogen-bond acceptors (Lipinski definition) is 1. The SMILES string of the molecule is C=CC(=C)NC(=O)c1c(Cl)cccc1Cl. The molecule has 0 aliphatic carbocycles. The van der Waals surface area contributed by atoms with Gasteiger partial charge >= 0.3 is 0 Å². The molecular formula is C11H9Cl2NO. The molecule has 1 aromatic carbocycles. The molecule has 78 valence electrons. The van der Waals surface area contributed by atoms with Crippen LogP contribution in [0.5, 0.6) is 0 Å². The van der Waals surface area contributed by atoms with Crippen molar-refractivity contribution in [3.05, 3.63) is 58.7 Å². The fourth-order valence-electron chi connectivity index (χ4n) is 0.974. The number of carbonyl (C=O) groups is 1. The van der Waals surface area contributed by atoms with Gasteiger partial charge in [-0.15, -0.1) is 0 Å². The smallest absolute Gasteiger partial charge is 0.258 e. The van der Waals surface area contributed by atoms with Crippen LogP contribution in [0.4, 0.5) is 0 Å². The highest BCUT2D eigenvalue weighted by Gasteiger charge is 2.13. The molecule has 0 radical (unpaired) electrons. The van der Waals surface area contributed by atoms with Crippen LogP contribution in [-0.4, -0.2) is 5.91 Å². The summed E-state index contributed by atoms with van der Waals surface area (Å²) in [5.41, 5.74) is 0.639. The third-order valence-electron chi connectivity index (χ3n) is 1.71. The molecule has 1 rings (SSSR count). The molecule has 0 saturated carbocycles. The van der Waals surface area contributed by atoms with Crippen molar-refractivity contribution >= 4 is 29.1 Å². The Kier molecular flexibility index (Phi) is 3.95. The quantitative estimate of drug-likeness (QED) is 0.808. The number of nitrogens with one attached hydrogen (secondary N) is 1. The molecular weight excluding hydrogens is 233 g/mol. The first-order chi connectivity index (χ1) is 7.06. The lowest BCUT2D eigenvalue weighted by atomic mass is 10.2. The standard InChI is InChI=1S/C11H9Cl2NO/c1-3-7(2)14-11(15)10-8(12)5-4-6-9(10)13/h3-6H,1-2H2,(H,14,15). The fourth-order valence-corrected chi connectivity index (χ4v) is 1.54. The van der Waals surface area contributed by atoms with Gasteiger partial charge in [0.25, 0.3) is 5.91 Å². The number of halogens is 2. The number of carbonyl (C=O) groups excluding carboxylic acids is 1. The van der Waals surface area contributed by atoms with E-state index in [0.29, 0.717) is 15.7 Å². The molecule has 0 heterocycles. The Balaban J connectivity index is 3.01. The molecule has 0 fully saturated rings. The lowest BCUT2D eigenvalue weighted by Gasteiger charge is -2.07. The average Bonchev–Trinajstić information content (AvgIpc) is 2.17. The van der Waals surface area contributed by atoms with Gasteiger partial charge in [0.1, 0.15) is 0 Å². The van der Waals surface area contributed by atoms with Gasteiger partial charge in [-0.25, -0.2) is 0 Å². The van der Waals surface area contributed by atoms with Gasteiger partial charge in [-0.3, -0.25) is 4.79 Å². The minimum absolute atomic E-state index is 0.240. The van der Waals surface area contributed by atoms with Crippen LogP contribution in [0.1, 0.15) is 10.4 Å². The van der Waals surface area contributed by atoms with Crippen molar-refractivity contribution in [2.75, 3.05) is 0 Å². The van der Waals surface area contributed by atoms with Crippen molar-refractivity contribution in [3.8, 4) is 0 Å². The largest absolute Gasteiger partial charge is 0.322 e. The second-order valence-electron chi connectivity index (χ2n) is 2.78. The molecule has 1 amide bonds. The molecule has 2 nitrogen and oxygen atoms in total. The Hall–Kier alpha value is -1.25. The van der Waals surface area contributed by atoms with E-state index in [1.807, 2.05) is 0 Å². The Bertz CT molecular complexity index is 406. The Morgan fingerprint density at radius 3 is 2.33 bits per heavy atom. The van der Waals surface area contributed by atoms with Gasteiger partial charge in [0, 0.05) is 5.70 Å². The zero-order valence-corrected chi connectivity index (χ0v) is 9.40. The summed E-state index contributed by atoms with van der Waals surface area (Å²) in [7, 11) is 0. The van der Waals surface area contributed by atoms with E-state index in [1.165, 1.54) is 6.08 Å². The summed E-state index contributed by atoms with van der Waals surface area (Å²) >= 11 is 11.7. The zero-order chi connectivity index (χ0) is 11.4. The van der Waals surface area contributed by atoms with Crippen LogP contribution < -0.4 is 5.32 Å². The number of benzene rings is 1. The number of allylic oxidation sites excluding steroid dienone is 1. The van der Waals surface area contributed by atoms with Crippen LogP contribution in [0.3, 0.4) is 0 Å². The second kappa shape index (κ2) is 5.01. The summed E-state index contributed by atoms with van der Waals surface area (Å²) in [6.07, 6.45) is 1.43. The van der Waals surface area contributed by atoms with Crippen molar-refractivity contribution < 1.29 is 4.79 Å². The molecule has 15 heavy (non-hydrogen) atoms. The zero-order valence-electron chi connectivity index (χ0n) is 7.89. The minimum atomic E-state index is -0.393. The topological polar surface area (TPSA) is 29.1 Å². The lowest BCUT2D eigenvalue weighted by Crippen LogP contribution is -2.21. The van der Waals surface area contributed by atoms with Crippen molar-refractivity contribution in [1.82, 2.24) is 5.32 Å². The maximum absolute atomic E-state index is 11.7. The first kappa shape index (κ1) is 11.8. The molecule has 4 heteroatoms. The molecule has 1 N–H and O–H groups in total. The molecule has 0 aliphatic rings. The van der Waals surface area contributed by atoms with Crippen LogP contribution >= 0.6 is 23.2 Å².